The summed E-state index contributed by atoms with van der Waals surface area (Å²) in [5.41, 5.74) is 0.722. The zero-order chi connectivity index (χ0) is 21.0. The van der Waals surface area contributed by atoms with Crippen molar-refractivity contribution in [2.24, 2.45) is 17.8 Å². The monoisotopic (exact) mass is 403 g/mol. The molecule has 29 heavy (non-hydrogen) atoms. The van der Waals surface area contributed by atoms with Gasteiger partial charge in [-0.1, -0.05) is 13.8 Å². The number of carbonyl (C=O) groups is 2. The van der Waals surface area contributed by atoms with E-state index in [-0.39, 0.29) is 24.2 Å². The van der Waals surface area contributed by atoms with Crippen LogP contribution >= 0.6 is 0 Å². The summed E-state index contributed by atoms with van der Waals surface area (Å²) in [6.45, 7) is 8.63. The second kappa shape index (κ2) is 9.48. The maximum atomic E-state index is 12.6. The van der Waals surface area contributed by atoms with Gasteiger partial charge in [-0.3, -0.25) is 9.59 Å². The van der Waals surface area contributed by atoms with Crippen LogP contribution < -0.4 is 19.7 Å². The minimum absolute atomic E-state index is 0.0422. The number of rotatable bonds is 7. The molecule has 7 nitrogen and oxygen atoms in total. The van der Waals surface area contributed by atoms with E-state index in [0.29, 0.717) is 36.4 Å². The molecule has 2 fully saturated rings. The minimum atomic E-state index is -0.324. The summed E-state index contributed by atoms with van der Waals surface area (Å²) in [5.74, 6) is 2.17. The Bertz CT molecular complexity index is 729. The normalized spacial score (nSPS) is 25.2. The molecule has 0 bridgehead atoms. The number of benzene rings is 1. The first-order chi connectivity index (χ1) is 13.9. The highest BCUT2D eigenvalue weighted by molar-refractivity contribution is 6.00. The first-order valence-corrected chi connectivity index (χ1v) is 10.4. The molecule has 7 heteroatoms. The number of carbonyl (C=O) groups excluding carboxylic acids is 2. The molecule has 3 rings (SSSR count). The lowest BCUT2D eigenvalue weighted by molar-refractivity contribution is -0.126. The molecule has 1 aromatic carbocycles. The number of nitrogens with zero attached hydrogens (tertiary/aromatic N) is 2. The van der Waals surface area contributed by atoms with Gasteiger partial charge in [0.05, 0.1) is 20.1 Å². The molecule has 160 valence electrons. The van der Waals surface area contributed by atoms with E-state index < -0.39 is 0 Å². The smallest absolute Gasteiger partial charge is 0.227 e. The number of piperidine rings is 1. The third kappa shape index (κ3) is 5.21. The molecule has 3 unspecified atom stereocenters. The number of hydrogen-bond acceptors (Lipinski definition) is 5. The Morgan fingerprint density at radius 2 is 1.79 bits per heavy atom. The molecule has 2 heterocycles. The molecule has 3 atom stereocenters. The second-order valence-electron chi connectivity index (χ2n) is 8.44. The fourth-order valence-corrected chi connectivity index (χ4v) is 4.58. The fourth-order valence-electron chi connectivity index (χ4n) is 4.58. The predicted octanol–water partition coefficient (Wildman–Crippen LogP) is 2.15. The summed E-state index contributed by atoms with van der Waals surface area (Å²) in [4.78, 5) is 29.2. The van der Waals surface area contributed by atoms with Crippen molar-refractivity contribution in [1.29, 1.82) is 0 Å². The summed E-state index contributed by atoms with van der Waals surface area (Å²) in [6, 6.07) is 5.36. The van der Waals surface area contributed by atoms with Gasteiger partial charge in [0.15, 0.2) is 11.5 Å². The quantitative estimate of drug-likeness (QED) is 0.755. The van der Waals surface area contributed by atoms with Crippen LogP contribution in [0, 0.1) is 17.8 Å². The number of nitrogens with one attached hydrogen (secondary N) is 1. The van der Waals surface area contributed by atoms with Crippen LogP contribution in [0.2, 0.25) is 0 Å². The van der Waals surface area contributed by atoms with E-state index in [1.807, 2.05) is 6.07 Å². The Hall–Kier alpha value is -2.28. The van der Waals surface area contributed by atoms with E-state index in [2.05, 4.69) is 24.1 Å². The van der Waals surface area contributed by atoms with Gasteiger partial charge in [-0.15, -0.1) is 0 Å². The molecular formula is C22H33N3O4. The highest BCUT2D eigenvalue weighted by atomic mass is 16.5. The van der Waals surface area contributed by atoms with Crippen molar-refractivity contribution in [3.63, 3.8) is 0 Å². The molecule has 0 aromatic heterocycles. The second-order valence-corrected chi connectivity index (χ2v) is 8.44. The predicted molar refractivity (Wildman–Crippen MR) is 112 cm³/mol. The van der Waals surface area contributed by atoms with Gasteiger partial charge in [0, 0.05) is 50.9 Å². The van der Waals surface area contributed by atoms with Crippen LogP contribution in [0.25, 0.3) is 0 Å². The first kappa shape index (κ1) is 21.4. The number of hydrogen-bond donors (Lipinski definition) is 1. The van der Waals surface area contributed by atoms with Crippen molar-refractivity contribution in [3.05, 3.63) is 18.2 Å². The summed E-state index contributed by atoms with van der Waals surface area (Å²) in [5, 5.41) is 3.03. The summed E-state index contributed by atoms with van der Waals surface area (Å²) in [7, 11) is 3.14. The molecule has 2 aliphatic heterocycles. The number of amides is 2. The molecule has 0 aliphatic carbocycles. The molecule has 1 N–H and O–H groups in total. The lowest BCUT2D eigenvalue weighted by atomic mass is 9.92. The van der Waals surface area contributed by atoms with Crippen LogP contribution in [0.5, 0.6) is 11.5 Å². The maximum absolute atomic E-state index is 12.6. The molecule has 0 radical (unpaired) electrons. The van der Waals surface area contributed by atoms with Crippen LogP contribution in [0.15, 0.2) is 18.2 Å². The van der Waals surface area contributed by atoms with Gasteiger partial charge >= 0.3 is 0 Å². The molecule has 2 aliphatic rings. The van der Waals surface area contributed by atoms with Crippen molar-refractivity contribution < 1.29 is 19.1 Å². The Balaban J connectivity index is 1.52. The van der Waals surface area contributed by atoms with Gasteiger partial charge in [0.1, 0.15) is 0 Å². The van der Waals surface area contributed by atoms with E-state index >= 15 is 0 Å². The van der Waals surface area contributed by atoms with Crippen molar-refractivity contribution in [1.82, 2.24) is 10.2 Å². The lowest BCUT2D eigenvalue weighted by Gasteiger charge is -2.34. The molecule has 2 amide bonds. The topological polar surface area (TPSA) is 71.1 Å². The summed E-state index contributed by atoms with van der Waals surface area (Å²) < 4.78 is 10.6. The van der Waals surface area contributed by atoms with Crippen molar-refractivity contribution in [3.8, 4) is 11.5 Å². The molecule has 2 saturated heterocycles. The Kier molecular flexibility index (Phi) is 7.00. The third-order valence-corrected chi connectivity index (χ3v) is 5.85. The Morgan fingerprint density at radius 3 is 2.45 bits per heavy atom. The summed E-state index contributed by atoms with van der Waals surface area (Å²) >= 11 is 0. The average molecular weight is 404 g/mol. The molecular weight excluding hydrogens is 370 g/mol. The van der Waals surface area contributed by atoms with Crippen molar-refractivity contribution >= 4 is 17.5 Å². The van der Waals surface area contributed by atoms with Crippen LogP contribution in [0.4, 0.5) is 5.69 Å². The zero-order valence-corrected chi connectivity index (χ0v) is 17.9. The largest absolute Gasteiger partial charge is 0.493 e. The zero-order valence-electron chi connectivity index (χ0n) is 17.9. The van der Waals surface area contributed by atoms with E-state index in [1.165, 1.54) is 6.42 Å². The van der Waals surface area contributed by atoms with Crippen molar-refractivity contribution in [2.75, 3.05) is 51.8 Å². The van der Waals surface area contributed by atoms with Crippen LogP contribution in [-0.2, 0) is 9.59 Å². The van der Waals surface area contributed by atoms with Crippen LogP contribution in [-0.4, -0.2) is 63.7 Å². The minimum Gasteiger partial charge on any atom is -0.493 e. The standard InChI is InChI=1S/C22H33N3O4/c1-15-9-16(2)13-24(12-15)8-7-23-22(27)17-10-21(26)25(14-17)18-5-6-19(28-3)20(11-18)29-4/h5-6,11,15-17H,7-10,12-14H2,1-4H3,(H,23,27). The SMILES string of the molecule is COc1ccc(N2CC(C(=O)NCCN3CC(C)CC(C)C3)CC2=O)cc1OC. The fraction of sp³-hybridized carbons (Fsp3) is 0.636. The van der Waals surface area contributed by atoms with Gasteiger partial charge < -0.3 is 24.6 Å². The first-order valence-electron chi connectivity index (χ1n) is 10.4. The highest BCUT2D eigenvalue weighted by Gasteiger charge is 2.35. The van der Waals surface area contributed by atoms with Gasteiger partial charge in [-0.2, -0.15) is 0 Å². The number of anilines is 1. The molecule has 1 aromatic rings. The summed E-state index contributed by atoms with van der Waals surface area (Å²) in [6.07, 6.45) is 1.51. The van der Waals surface area contributed by atoms with E-state index in [1.54, 1.807) is 31.3 Å². The van der Waals surface area contributed by atoms with E-state index in [9.17, 15) is 9.59 Å². The Labute approximate surface area is 173 Å². The average Bonchev–Trinajstić information content (AvgIpc) is 3.08. The van der Waals surface area contributed by atoms with Gasteiger partial charge in [-0.25, -0.2) is 0 Å². The number of ether oxygens (including phenoxy) is 2. The molecule has 0 spiro atoms. The van der Waals surface area contributed by atoms with E-state index in [0.717, 1.165) is 25.3 Å². The van der Waals surface area contributed by atoms with Crippen LogP contribution in [0.3, 0.4) is 0 Å². The maximum Gasteiger partial charge on any atom is 0.227 e. The van der Waals surface area contributed by atoms with Gasteiger partial charge in [-0.05, 0) is 30.4 Å². The third-order valence-electron chi connectivity index (χ3n) is 5.85. The van der Waals surface area contributed by atoms with Crippen molar-refractivity contribution in [2.45, 2.75) is 26.7 Å². The number of likely N-dealkylation sites (tertiary alicyclic amines) is 1. The lowest BCUT2D eigenvalue weighted by Crippen LogP contribution is -2.44. The van der Waals surface area contributed by atoms with E-state index in [4.69, 9.17) is 9.47 Å². The number of methoxy groups -OCH3 is 2. The Morgan fingerprint density at radius 1 is 1.10 bits per heavy atom. The van der Waals surface area contributed by atoms with Gasteiger partial charge in [0.2, 0.25) is 11.8 Å². The highest BCUT2D eigenvalue weighted by Crippen LogP contribution is 2.34. The van der Waals surface area contributed by atoms with Gasteiger partial charge in [0.25, 0.3) is 0 Å². The molecule has 0 saturated carbocycles. The van der Waals surface area contributed by atoms with Crippen LogP contribution in [0.1, 0.15) is 26.7 Å².